The van der Waals surface area contributed by atoms with Crippen molar-refractivity contribution in [3.05, 3.63) is 64.1 Å². The van der Waals surface area contributed by atoms with E-state index in [1.165, 1.54) is 24.1 Å². The number of benzene rings is 2. The lowest BCUT2D eigenvalue weighted by molar-refractivity contribution is 0.0697. The van der Waals surface area contributed by atoms with E-state index in [2.05, 4.69) is 10.4 Å². The SMILES string of the molecule is CCN(C(=O)n1nnn(-c2ccccc2OC)c1=O)c1cc(C(=O)O)ccc1C. The van der Waals surface area contributed by atoms with Crippen LogP contribution in [-0.2, 0) is 0 Å². The smallest absolute Gasteiger partial charge is 0.377 e. The molecule has 1 aromatic heterocycles. The molecule has 29 heavy (non-hydrogen) atoms. The van der Waals surface area contributed by atoms with Crippen LogP contribution in [0.2, 0.25) is 0 Å². The van der Waals surface area contributed by atoms with Gasteiger partial charge in [0.05, 0.1) is 12.7 Å². The molecular formula is C19H19N5O5. The summed E-state index contributed by atoms with van der Waals surface area (Å²) in [6, 6.07) is 10.4. The van der Waals surface area contributed by atoms with Crippen molar-refractivity contribution in [3.8, 4) is 11.4 Å². The highest BCUT2D eigenvalue weighted by Crippen LogP contribution is 2.23. The number of tetrazole rings is 1. The van der Waals surface area contributed by atoms with E-state index in [9.17, 15) is 19.5 Å². The van der Waals surface area contributed by atoms with Crippen LogP contribution in [0.1, 0.15) is 22.8 Å². The van der Waals surface area contributed by atoms with Crippen LogP contribution in [0, 0.1) is 6.92 Å². The van der Waals surface area contributed by atoms with E-state index < -0.39 is 17.7 Å². The summed E-state index contributed by atoms with van der Waals surface area (Å²) in [5.74, 6) is -0.722. The van der Waals surface area contributed by atoms with Crippen molar-refractivity contribution in [3.63, 3.8) is 0 Å². The number of nitrogens with zero attached hydrogens (tertiary/aromatic N) is 5. The Morgan fingerprint density at radius 2 is 1.90 bits per heavy atom. The van der Waals surface area contributed by atoms with Gasteiger partial charge in [-0.1, -0.05) is 18.2 Å². The molecule has 0 aliphatic carbocycles. The Balaban J connectivity index is 2.05. The molecule has 0 aliphatic heterocycles. The third kappa shape index (κ3) is 3.59. The first-order valence-electron chi connectivity index (χ1n) is 8.73. The van der Waals surface area contributed by atoms with Crippen LogP contribution in [0.3, 0.4) is 0 Å². The number of carbonyl (C=O) groups is 2. The van der Waals surface area contributed by atoms with E-state index in [1.807, 2.05) is 0 Å². The number of aromatic carboxylic acids is 1. The zero-order valence-corrected chi connectivity index (χ0v) is 16.1. The van der Waals surface area contributed by atoms with Crippen molar-refractivity contribution >= 4 is 17.7 Å². The second-order valence-corrected chi connectivity index (χ2v) is 6.09. The number of carboxylic acids is 1. The summed E-state index contributed by atoms with van der Waals surface area (Å²) < 4.78 is 6.82. The predicted molar refractivity (Wildman–Crippen MR) is 104 cm³/mol. The Labute approximate surface area is 165 Å². The first kappa shape index (κ1) is 19.8. The number of hydrogen-bond donors (Lipinski definition) is 1. The fourth-order valence-electron chi connectivity index (χ4n) is 2.88. The quantitative estimate of drug-likeness (QED) is 0.653. The van der Waals surface area contributed by atoms with Gasteiger partial charge in [0.1, 0.15) is 11.4 Å². The molecule has 0 atom stereocenters. The molecule has 0 spiro atoms. The number of aromatic nitrogens is 4. The first-order valence-corrected chi connectivity index (χ1v) is 8.73. The lowest BCUT2D eigenvalue weighted by Gasteiger charge is -2.22. The largest absolute Gasteiger partial charge is 0.494 e. The number of methoxy groups -OCH3 is 1. The van der Waals surface area contributed by atoms with Gasteiger partial charge in [-0.15, -0.1) is 4.68 Å². The van der Waals surface area contributed by atoms with Gasteiger partial charge in [-0.25, -0.2) is 14.4 Å². The molecule has 2 aromatic carbocycles. The maximum atomic E-state index is 13.0. The van der Waals surface area contributed by atoms with E-state index >= 15 is 0 Å². The summed E-state index contributed by atoms with van der Waals surface area (Å²) in [5, 5.41) is 16.7. The summed E-state index contributed by atoms with van der Waals surface area (Å²) >= 11 is 0. The van der Waals surface area contributed by atoms with Crippen molar-refractivity contribution < 1.29 is 19.4 Å². The highest BCUT2D eigenvalue weighted by atomic mass is 16.5. The minimum absolute atomic E-state index is 0.0295. The van der Waals surface area contributed by atoms with Crippen LogP contribution in [0.5, 0.6) is 5.75 Å². The summed E-state index contributed by atoms with van der Waals surface area (Å²) in [4.78, 5) is 38.4. The number of carboxylic acid groups (broad SMARTS) is 1. The minimum Gasteiger partial charge on any atom is -0.494 e. The average Bonchev–Trinajstić information content (AvgIpc) is 3.10. The molecule has 0 saturated carbocycles. The standard InChI is InChI=1S/C19H19N5O5/c1-4-22(15-11-13(17(25)26)10-9-12(15)2)18(27)24-19(28)23(20-21-24)14-7-5-6-8-16(14)29-3/h5-11H,4H2,1-3H3,(H,25,26). The molecular weight excluding hydrogens is 378 g/mol. The molecule has 0 fully saturated rings. The second-order valence-electron chi connectivity index (χ2n) is 6.09. The topological polar surface area (TPSA) is 120 Å². The van der Waals surface area contributed by atoms with Gasteiger partial charge in [-0.2, -0.15) is 4.68 Å². The van der Waals surface area contributed by atoms with Gasteiger partial charge in [-0.05, 0) is 54.1 Å². The lowest BCUT2D eigenvalue weighted by atomic mass is 10.1. The average molecular weight is 397 g/mol. The minimum atomic E-state index is -1.12. The van der Waals surface area contributed by atoms with Gasteiger partial charge in [0.2, 0.25) is 0 Å². The maximum absolute atomic E-state index is 13.0. The van der Waals surface area contributed by atoms with Gasteiger partial charge in [0.15, 0.2) is 0 Å². The first-order chi connectivity index (χ1) is 13.9. The van der Waals surface area contributed by atoms with Crippen molar-refractivity contribution in [2.45, 2.75) is 13.8 Å². The van der Waals surface area contributed by atoms with Gasteiger partial charge in [0.25, 0.3) is 0 Å². The van der Waals surface area contributed by atoms with Gasteiger partial charge in [0, 0.05) is 12.2 Å². The number of rotatable bonds is 5. The lowest BCUT2D eigenvalue weighted by Crippen LogP contribution is -2.41. The van der Waals surface area contributed by atoms with Crippen LogP contribution in [-0.4, -0.2) is 50.6 Å². The van der Waals surface area contributed by atoms with Crippen molar-refractivity contribution in [2.24, 2.45) is 0 Å². The molecule has 1 N–H and O–H groups in total. The summed E-state index contributed by atoms with van der Waals surface area (Å²) in [5.41, 5.74) is 0.643. The molecule has 1 amide bonds. The van der Waals surface area contributed by atoms with Gasteiger partial charge >= 0.3 is 17.7 Å². The summed E-state index contributed by atoms with van der Waals surface area (Å²) in [6.07, 6.45) is 0. The van der Waals surface area contributed by atoms with E-state index in [0.29, 0.717) is 27.4 Å². The molecule has 1 heterocycles. The van der Waals surface area contributed by atoms with Gasteiger partial charge in [-0.3, -0.25) is 4.90 Å². The summed E-state index contributed by atoms with van der Waals surface area (Å²) in [6.45, 7) is 3.64. The zero-order valence-electron chi connectivity index (χ0n) is 16.1. The molecule has 3 aromatic rings. The van der Waals surface area contributed by atoms with Crippen LogP contribution < -0.4 is 15.3 Å². The number of anilines is 1. The van der Waals surface area contributed by atoms with Crippen LogP contribution >= 0.6 is 0 Å². The van der Waals surface area contributed by atoms with Crippen molar-refractivity contribution in [2.75, 3.05) is 18.6 Å². The van der Waals surface area contributed by atoms with E-state index in [4.69, 9.17) is 4.74 Å². The fourth-order valence-corrected chi connectivity index (χ4v) is 2.88. The van der Waals surface area contributed by atoms with Crippen molar-refractivity contribution in [1.82, 2.24) is 19.8 Å². The molecule has 0 bridgehead atoms. The molecule has 150 valence electrons. The Bertz CT molecular complexity index is 1130. The van der Waals surface area contributed by atoms with Gasteiger partial charge < -0.3 is 9.84 Å². The van der Waals surface area contributed by atoms with Crippen molar-refractivity contribution in [1.29, 1.82) is 0 Å². The number of para-hydroxylation sites is 2. The summed E-state index contributed by atoms with van der Waals surface area (Å²) in [7, 11) is 1.45. The molecule has 0 radical (unpaired) electrons. The fraction of sp³-hybridized carbons (Fsp3) is 0.211. The molecule has 0 aliphatic rings. The normalized spacial score (nSPS) is 10.6. The number of carbonyl (C=O) groups excluding carboxylic acids is 1. The Morgan fingerprint density at radius 3 is 2.55 bits per heavy atom. The highest BCUT2D eigenvalue weighted by Gasteiger charge is 2.24. The third-order valence-corrected chi connectivity index (χ3v) is 4.37. The van der Waals surface area contributed by atoms with E-state index in [-0.39, 0.29) is 12.1 Å². The number of amides is 1. The number of ether oxygens (including phenoxy) is 1. The zero-order chi connectivity index (χ0) is 21.1. The second kappa shape index (κ2) is 7.97. The molecule has 0 unspecified atom stereocenters. The maximum Gasteiger partial charge on any atom is 0.377 e. The Hall–Kier alpha value is -3.95. The highest BCUT2D eigenvalue weighted by molar-refractivity contribution is 5.96. The van der Waals surface area contributed by atoms with Crippen LogP contribution in [0.25, 0.3) is 5.69 Å². The van der Waals surface area contributed by atoms with Crippen LogP contribution in [0.4, 0.5) is 10.5 Å². The predicted octanol–water partition coefficient (Wildman–Crippen LogP) is 1.94. The molecule has 0 saturated heterocycles. The Morgan fingerprint density at radius 1 is 1.17 bits per heavy atom. The molecule has 3 rings (SSSR count). The van der Waals surface area contributed by atoms with E-state index in [0.717, 1.165) is 4.68 Å². The monoisotopic (exact) mass is 397 g/mol. The third-order valence-electron chi connectivity index (χ3n) is 4.37. The molecule has 10 nitrogen and oxygen atoms in total. The number of hydrogen-bond acceptors (Lipinski definition) is 6. The van der Waals surface area contributed by atoms with Crippen LogP contribution in [0.15, 0.2) is 47.3 Å². The Kier molecular flexibility index (Phi) is 5.44. The molecule has 10 heteroatoms. The number of aryl methyl sites for hydroxylation is 1. The van der Waals surface area contributed by atoms with E-state index in [1.54, 1.807) is 44.2 Å².